The molecule has 2 aromatic carbocycles. The number of amidine groups is 2. The lowest BCUT2D eigenvalue weighted by molar-refractivity contribution is -0.120. The SMILES string of the molecule is CC(N)=NC(=N)c1ccc(C)c(-c2ccc3c(c2)NC(=O)C32CCCC2)c1. The molecular weight excluding hydrogens is 336 g/mol. The molecule has 4 N–H and O–H groups in total. The van der Waals surface area contributed by atoms with Gasteiger partial charge in [-0.2, -0.15) is 0 Å². The number of nitrogens with zero attached hydrogens (tertiary/aromatic N) is 1. The third-order valence-corrected chi connectivity index (χ3v) is 5.79. The summed E-state index contributed by atoms with van der Waals surface area (Å²) in [6, 6.07) is 12.1. The first-order valence-corrected chi connectivity index (χ1v) is 9.37. The van der Waals surface area contributed by atoms with Crippen molar-refractivity contribution in [2.24, 2.45) is 10.7 Å². The van der Waals surface area contributed by atoms with Gasteiger partial charge in [-0.05, 0) is 61.1 Å². The molecule has 2 aromatic rings. The Morgan fingerprint density at radius 1 is 1.19 bits per heavy atom. The van der Waals surface area contributed by atoms with Crippen molar-refractivity contribution in [3.05, 3.63) is 53.1 Å². The Bertz CT molecular complexity index is 980. The first-order valence-electron chi connectivity index (χ1n) is 9.37. The summed E-state index contributed by atoms with van der Waals surface area (Å²) < 4.78 is 0. The Labute approximate surface area is 159 Å². The molecule has 4 rings (SSSR count). The molecule has 27 heavy (non-hydrogen) atoms. The molecule has 2 aliphatic rings. The highest BCUT2D eigenvalue weighted by molar-refractivity contribution is 6.07. The zero-order chi connectivity index (χ0) is 19.2. The number of carbonyl (C=O) groups is 1. The number of nitrogens with one attached hydrogen (secondary N) is 2. The van der Waals surface area contributed by atoms with Crippen molar-refractivity contribution in [2.75, 3.05) is 5.32 Å². The number of hydrogen-bond donors (Lipinski definition) is 3. The molecule has 1 heterocycles. The molecule has 0 saturated heterocycles. The Morgan fingerprint density at radius 3 is 2.63 bits per heavy atom. The molecule has 1 amide bonds. The van der Waals surface area contributed by atoms with E-state index in [9.17, 15) is 4.79 Å². The maximum atomic E-state index is 12.7. The number of hydrogen-bond acceptors (Lipinski definition) is 2. The number of aliphatic imine (C=N–C) groups is 1. The minimum Gasteiger partial charge on any atom is -0.387 e. The Kier molecular flexibility index (Phi) is 4.10. The fourth-order valence-corrected chi connectivity index (χ4v) is 4.39. The molecule has 0 bridgehead atoms. The molecule has 0 unspecified atom stereocenters. The van der Waals surface area contributed by atoms with Crippen molar-refractivity contribution in [3.63, 3.8) is 0 Å². The van der Waals surface area contributed by atoms with E-state index in [1.54, 1.807) is 6.92 Å². The van der Waals surface area contributed by atoms with Crippen LogP contribution in [0.25, 0.3) is 11.1 Å². The zero-order valence-electron chi connectivity index (χ0n) is 15.7. The van der Waals surface area contributed by atoms with Crippen LogP contribution in [0.15, 0.2) is 41.4 Å². The van der Waals surface area contributed by atoms with E-state index in [4.69, 9.17) is 11.1 Å². The van der Waals surface area contributed by atoms with Gasteiger partial charge in [-0.3, -0.25) is 10.2 Å². The summed E-state index contributed by atoms with van der Waals surface area (Å²) in [6.07, 6.45) is 4.10. The predicted molar refractivity (Wildman–Crippen MR) is 110 cm³/mol. The van der Waals surface area contributed by atoms with Crippen LogP contribution >= 0.6 is 0 Å². The van der Waals surface area contributed by atoms with Gasteiger partial charge in [0.1, 0.15) is 0 Å². The van der Waals surface area contributed by atoms with E-state index >= 15 is 0 Å². The van der Waals surface area contributed by atoms with Crippen molar-refractivity contribution >= 4 is 23.3 Å². The second-order valence-corrected chi connectivity index (χ2v) is 7.64. The summed E-state index contributed by atoms with van der Waals surface area (Å²) in [4.78, 5) is 16.7. The Balaban J connectivity index is 1.76. The van der Waals surface area contributed by atoms with E-state index in [1.165, 1.54) is 0 Å². The minimum atomic E-state index is -0.319. The van der Waals surface area contributed by atoms with Gasteiger partial charge < -0.3 is 11.1 Å². The summed E-state index contributed by atoms with van der Waals surface area (Å²) in [5.41, 5.74) is 11.3. The molecule has 5 nitrogen and oxygen atoms in total. The molecular formula is C22H24N4O. The molecule has 138 valence electrons. The summed E-state index contributed by atoms with van der Waals surface area (Å²) >= 11 is 0. The molecule has 0 radical (unpaired) electrons. The number of anilines is 1. The number of benzene rings is 2. The van der Waals surface area contributed by atoms with Gasteiger partial charge in [0, 0.05) is 11.3 Å². The summed E-state index contributed by atoms with van der Waals surface area (Å²) in [7, 11) is 0. The molecule has 0 atom stereocenters. The summed E-state index contributed by atoms with van der Waals surface area (Å²) in [5.74, 6) is 0.659. The largest absolute Gasteiger partial charge is 0.387 e. The highest BCUT2D eigenvalue weighted by Gasteiger charge is 2.48. The second kappa shape index (κ2) is 6.34. The number of amides is 1. The number of rotatable bonds is 2. The van der Waals surface area contributed by atoms with Crippen LogP contribution in [0.5, 0.6) is 0 Å². The number of carbonyl (C=O) groups excluding carboxylic acids is 1. The van der Waals surface area contributed by atoms with Crippen LogP contribution in [0.4, 0.5) is 5.69 Å². The zero-order valence-corrected chi connectivity index (χ0v) is 15.7. The maximum absolute atomic E-state index is 12.7. The van der Waals surface area contributed by atoms with Gasteiger partial charge in [0.15, 0.2) is 5.84 Å². The molecule has 1 fully saturated rings. The van der Waals surface area contributed by atoms with E-state index in [0.29, 0.717) is 5.84 Å². The monoisotopic (exact) mass is 360 g/mol. The van der Waals surface area contributed by atoms with Crippen LogP contribution in [0, 0.1) is 12.3 Å². The van der Waals surface area contributed by atoms with E-state index in [-0.39, 0.29) is 17.2 Å². The van der Waals surface area contributed by atoms with Gasteiger partial charge in [-0.15, -0.1) is 0 Å². The maximum Gasteiger partial charge on any atom is 0.235 e. The van der Waals surface area contributed by atoms with Crippen LogP contribution in [0.3, 0.4) is 0 Å². The van der Waals surface area contributed by atoms with Crippen LogP contribution in [-0.4, -0.2) is 17.6 Å². The average Bonchev–Trinajstić information content (AvgIpc) is 3.21. The molecule has 1 aliphatic heterocycles. The van der Waals surface area contributed by atoms with E-state index in [0.717, 1.165) is 59.2 Å². The van der Waals surface area contributed by atoms with Crippen LogP contribution < -0.4 is 11.1 Å². The smallest absolute Gasteiger partial charge is 0.235 e. The van der Waals surface area contributed by atoms with Crippen molar-refractivity contribution in [3.8, 4) is 11.1 Å². The average molecular weight is 360 g/mol. The third kappa shape index (κ3) is 2.83. The Hall–Kier alpha value is -2.95. The fourth-order valence-electron chi connectivity index (χ4n) is 4.39. The van der Waals surface area contributed by atoms with Crippen molar-refractivity contribution < 1.29 is 4.79 Å². The standard InChI is InChI=1S/C22H24N4O/c1-13-5-6-16(20(24)25-14(2)23)11-17(13)15-7-8-18-19(12-15)26-21(27)22(18)9-3-4-10-22/h5-8,11-12H,3-4,9-10H2,1-2H3,(H,26,27)(H3,23,24,25). The van der Waals surface area contributed by atoms with Crippen LogP contribution in [-0.2, 0) is 10.2 Å². The first kappa shape index (κ1) is 17.5. The van der Waals surface area contributed by atoms with Crippen molar-refractivity contribution in [1.82, 2.24) is 0 Å². The van der Waals surface area contributed by atoms with E-state index in [2.05, 4.69) is 28.5 Å². The lowest BCUT2D eigenvalue weighted by Crippen LogP contribution is -2.30. The first-order chi connectivity index (χ1) is 12.9. The van der Waals surface area contributed by atoms with Gasteiger partial charge in [0.2, 0.25) is 5.91 Å². The van der Waals surface area contributed by atoms with Gasteiger partial charge >= 0.3 is 0 Å². The molecule has 0 aromatic heterocycles. The number of nitrogens with two attached hydrogens (primary N) is 1. The normalized spacial score (nSPS) is 17.9. The number of fused-ring (bicyclic) bond motifs is 2. The van der Waals surface area contributed by atoms with Crippen LogP contribution in [0.1, 0.15) is 49.3 Å². The predicted octanol–water partition coefficient (Wildman–Crippen LogP) is 4.13. The van der Waals surface area contributed by atoms with Gasteiger partial charge in [0.25, 0.3) is 0 Å². The Morgan fingerprint density at radius 2 is 1.93 bits per heavy atom. The van der Waals surface area contributed by atoms with Gasteiger partial charge in [0.05, 0.1) is 11.3 Å². The fraction of sp³-hybridized carbons (Fsp3) is 0.318. The van der Waals surface area contributed by atoms with E-state index < -0.39 is 0 Å². The lowest BCUT2D eigenvalue weighted by atomic mass is 9.79. The number of aryl methyl sites for hydroxylation is 1. The molecule has 1 spiro atoms. The van der Waals surface area contributed by atoms with Crippen LogP contribution in [0.2, 0.25) is 0 Å². The minimum absolute atomic E-state index is 0.146. The van der Waals surface area contributed by atoms with Gasteiger partial charge in [-0.1, -0.05) is 37.1 Å². The summed E-state index contributed by atoms with van der Waals surface area (Å²) in [6.45, 7) is 3.72. The molecule has 1 saturated carbocycles. The topological polar surface area (TPSA) is 91.3 Å². The summed E-state index contributed by atoms with van der Waals surface area (Å²) in [5, 5.41) is 11.2. The highest BCUT2D eigenvalue weighted by Crippen LogP contribution is 2.49. The van der Waals surface area contributed by atoms with E-state index in [1.807, 2.05) is 25.1 Å². The van der Waals surface area contributed by atoms with Gasteiger partial charge in [-0.25, -0.2) is 4.99 Å². The second-order valence-electron chi connectivity index (χ2n) is 7.64. The quantitative estimate of drug-likeness (QED) is 0.555. The molecule has 5 heteroatoms. The van der Waals surface area contributed by atoms with Crippen molar-refractivity contribution in [1.29, 1.82) is 5.41 Å². The highest BCUT2D eigenvalue weighted by atomic mass is 16.2. The lowest BCUT2D eigenvalue weighted by Gasteiger charge is -2.20. The third-order valence-electron chi connectivity index (χ3n) is 5.79. The molecule has 1 aliphatic carbocycles. The van der Waals surface area contributed by atoms with Crippen molar-refractivity contribution in [2.45, 2.75) is 44.9 Å².